The lowest BCUT2D eigenvalue weighted by molar-refractivity contribution is -0.126. The lowest BCUT2D eigenvalue weighted by Gasteiger charge is -2.18. The van der Waals surface area contributed by atoms with E-state index in [4.69, 9.17) is 4.74 Å². The highest BCUT2D eigenvalue weighted by atomic mass is 16.5. The van der Waals surface area contributed by atoms with Crippen LogP contribution < -0.4 is 10.2 Å². The summed E-state index contributed by atoms with van der Waals surface area (Å²) in [7, 11) is 1.64. The maximum Gasteiger partial charge on any atom is 0.227 e. The number of carbonyl (C=O) groups is 2. The third-order valence-corrected chi connectivity index (χ3v) is 4.12. The fraction of sp³-hybridized carbons (Fsp3) is 0.529. The van der Waals surface area contributed by atoms with Crippen LogP contribution in [0.3, 0.4) is 0 Å². The summed E-state index contributed by atoms with van der Waals surface area (Å²) < 4.78 is 4.95. The molecule has 0 aliphatic carbocycles. The Balaban J connectivity index is 1.95. The van der Waals surface area contributed by atoms with E-state index in [1.165, 1.54) is 5.56 Å². The monoisotopic (exact) mass is 304 g/mol. The van der Waals surface area contributed by atoms with E-state index in [-0.39, 0.29) is 24.2 Å². The van der Waals surface area contributed by atoms with Gasteiger partial charge in [0.25, 0.3) is 0 Å². The number of ether oxygens (including phenoxy) is 1. The molecular weight excluding hydrogens is 280 g/mol. The van der Waals surface area contributed by atoms with Crippen LogP contribution in [0.1, 0.15) is 24.0 Å². The Labute approximate surface area is 131 Å². The highest BCUT2D eigenvalue weighted by Crippen LogP contribution is 2.26. The van der Waals surface area contributed by atoms with E-state index in [1.54, 1.807) is 12.0 Å². The van der Waals surface area contributed by atoms with Crippen LogP contribution in [0.5, 0.6) is 0 Å². The minimum absolute atomic E-state index is 0.0142. The van der Waals surface area contributed by atoms with E-state index >= 15 is 0 Å². The summed E-state index contributed by atoms with van der Waals surface area (Å²) in [6.45, 7) is 5.73. The first-order valence-electron chi connectivity index (χ1n) is 7.67. The summed E-state index contributed by atoms with van der Waals surface area (Å²) in [6.07, 6.45) is 1.06. The second kappa shape index (κ2) is 7.40. The van der Waals surface area contributed by atoms with Crippen LogP contribution in [-0.2, 0) is 14.3 Å². The molecule has 1 unspecified atom stereocenters. The Bertz CT molecular complexity index is 557. The quantitative estimate of drug-likeness (QED) is 0.815. The molecule has 5 heteroatoms. The van der Waals surface area contributed by atoms with Gasteiger partial charge in [-0.1, -0.05) is 6.07 Å². The number of amides is 2. The molecule has 0 bridgehead atoms. The molecule has 22 heavy (non-hydrogen) atoms. The summed E-state index contributed by atoms with van der Waals surface area (Å²) >= 11 is 0. The van der Waals surface area contributed by atoms with Crippen molar-refractivity contribution < 1.29 is 14.3 Å². The van der Waals surface area contributed by atoms with Crippen LogP contribution in [0.15, 0.2) is 18.2 Å². The van der Waals surface area contributed by atoms with Crippen molar-refractivity contribution in [2.45, 2.75) is 26.7 Å². The maximum absolute atomic E-state index is 12.2. The van der Waals surface area contributed by atoms with Crippen molar-refractivity contribution in [3.63, 3.8) is 0 Å². The van der Waals surface area contributed by atoms with Crippen LogP contribution in [-0.4, -0.2) is 38.6 Å². The number of anilines is 1. The molecule has 0 spiro atoms. The number of nitrogens with one attached hydrogen (secondary N) is 1. The van der Waals surface area contributed by atoms with Gasteiger partial charge < -0.3 is 15.0 Å². The first kappa shape index (κ1) is 16.5. The third-order valence-electron chi connectivity index (χ3n) is 4.12. The van der Waals surface area contributed by atoms with Crippen molar-refractivity contribution in [1.29, 1.82) is 0 Å². The van der Waals surface area contributed by atoms with Crippen LogP contribution in [0.2, 0.25) is 0 Å². The zero-order valence-electron chi connectivity index (χ0n) is 13.5. The van der Waals surface area contributed by atoms with E-state index in [0.717, 1.165) is 17.7 Å². The zero-order chi connectivity index (χ0) is 16.1. The molecule has 0 aromatic heterocycles. The highest BCUT2D eigenvalue weighted by molar-refractivity contribution is 6.00. The Morgan fingerprint density at radius 1 is 1.36 bits per heavy atom. The molecule has 1 N–H and O–H groups in total. The van der Waals surface area contributed by atoms with Gasteiger partial charge in [0, 0.05) is 38.9 Å². The van der Waals surface area contributed by atoms with E-state index in [1.807, 2.05) is 32.0 Å². The Kier molecular flexibility index (Phi) is 5.55. The van der Waals surface area contributed by atoms with Crippen LogP contribution in [0, 0.1) is 19.8 Å². The second-order valence-corrected chi connectivity index (χ2v) is 5.81. The number of methoxy groups -OCH3 is 1. The first-order valence-corrected chi connectivity index (χ1v) is 7.67. The third kappa shape index (κ3) is 3.85. The fourth-order valence-corrected chi connectivity index (χ4v) is 2.60. The van der Waals surface area contributed by atoms with Gasteiger partial charge in [0.05, 0.1) is 5.92 Å². The average Bonchev–Trinajstić information content (AvgIpc) is 2.88. The summed E-state index contributed by atoms with van der Waals surface area (Å²) in [6, 6.07) is 5.96. The molecule has 1 atom stereocenters. The summed E-state index contributed by atoms with van der Waals surface area (Å²) in [5.74, 6) is -0.298. The molecule has 1 aliphatic heterocycles. The molecule has 0 saturated carbocycles. The largest absolute Gasteiger partial charge is 0.385 e. The van der Waals surface area contributed by atoms with Crippen LogP contribution in [0.25, 0.3) is 0 Å². The van der Waals surface area contributed by atoms with Gasteiger partial charge in [0.2, 0.25) is 11.8 Å². The maximum atomic E-state index is 12.2. The molecular formula is C17H24N2O3. The number of nitrogens with zero attached hydrogens (tertiary/aromatic N) is 1. The summed E-state index contributed by atoms with van der Waals surface area (Å²) in [5, 5.41) is 2.87. The zero-order valence-corrected chi connectivity index (χ0v) is 13.5. The van der Waals surface area contributed by atoms with Crippen molar-refractivity contribution in [1.82, 2.24) is 5.32 Å². The van der Waals surface area contributed by atoms with Gasteiger partial charge in [-0.2, -0.15) is 0 Å². The topological polar surface area (TPSA) is 58.6 Å². The molecule has 1 fully saturated rings. The molecule has 1 aromatic rings. The minimum atomic E-state index is -0.267. The van der Waals surface area contributed by atoms with Gasteiger partial charge in [0.15, 0.2) is 0 Å². The Morgan fingerprint density at radius 2 is 2.14 bits per heavy atom. The first-order chi connectivity index (χ1) is 10.5. The molecule has 1 aromatic carbocycles. The SMILES string of the molecule is COCCCNC(=O)C1CC(=O)N(c2ccc(C)c(C)c2)C1. The predicted octanol–water partition coefficient (Wildman–Crippen LogP) is 1.81. The number of carbonyl (C=O) groups excluding carboxylic acids is 2. The van der Waals surface area contributed by atoms with Gasteiger partial charge in [-0.3, -0.25) is 9.59 Å². The number of hydrogen-bond donors (Lipinski definition) is 1. The Hall–Kier alpha value is -1.88. The lowest BCUT2D eigenvalue weighted by atomic mass is 10.1. The molecule has 0 radical (unpaired) electrons. The lowest BCUT2D eigenvalue weighted by Crippen LogP contribution is -2.33. The fourth-order valence-electron chi connectivity index (χ4n) is 2.60. The van der Waals surface area contributed by atoms with E-state index in [0.29, 0.717) is 19.7 Å². The van der Waals surface area contributed by atoms with Gasteiger partial charge >= 0.3 is 0 Å². The normalized spacial score (nSPS) is 17.9. The molecule has 120 valence electrons. The second-order valence-electron chi connectivity index (χ2n) is 5.81. The number of rotatable bonds is 6. The van der Waals surface area contributed by atoms with Crippen LogP contribution >= 0.6 is 0 Å². The molecule has 1 saturated heterocycles. The van der Waals surface area contributed by atoms with E-state index < -0.39 is 0 Å². The number of aryl methyl sites for hydroxylation is 2. The Morgan fingerprint density at radius 3 is 2.82 bits per heavy atom. The number of hydrogen-bond acceptors (Lipinski definition) is 3. The van der Waals surface area contributed by atoms with Crippen molar-refractivity contribution in [2.75, 3.05) is 31.7 Å². The molecule has 1 aliphatic rings. The van der Waals surface area contributed by atoms with E-state index in [2.05, 4.69) is 5.32 Å². The average molecular weight is 304 g/mol. The van der Waals surface area contributed by atoms with Gasteiger partial charge in [-0.15, -0.1) is 0 Å². The van der Waals surface area contributed by atoms with Gasteiger partial charge in [0.1, 0.15) is 0 Å². The highest BCUT2D eigenvalue weighted by Gasteiger charge is 2.34. The summed E-state index contributed by atoms with van der Waals surface area (Å²) in [4.78, 5) is 26.0. The van der Waals surface area contributed by atoms with Gasteiger partial charge in [-0.25, -0.2) is 0 Å². The molecule has 5 nitrogen and oxygen atoms in total. The smallest absolute Gasteiger partial charge is 0.227 e. The van der Waals surface area contributed by atoms with Crippen molar-refractivity contribution in [3.8, 4) is 0 Å². The molecule has 2 amide bonds. The van der Waals surface area contributed by atoms with Crippen molar-refractivity contribution in [3.05, 3.63) is 29.3 Å². The summed E-state index contributed by atoms with van der Waals surface area (Å²) in [5.41, 5.74) is 3.23. The standard InChI is InChI=1S/C17H24N2O3/c1-12-5-6-15(9-13(12)2)19-11-14(10-16(19)20)17(21)18-7-4-8-22-3/h5-6,9,14H,4,7-8,10-11H2,1-3H3,(H,18,21). The van der Waals surface area contributed by atoms with Crippen molar-refractivity contribution >= 4 is 17.5 Å². The minimum Gasteiger partial charge on any atom is -0.385 e. The van der Waals surface area contributed by atoms with Crippen molar-refractivity contribution in [2.24, 2.45) is 5.92 Å². The van der Waals surface area contributed by atoms with Gasteiger partial charge in [-0.05, 0) is 43.5 Å². The molecule has 1 heterocycles. The predicted molar refractivity (Wildman–Crippen MR) is 85.9 cm³/mol. The molecule has 2 rings (SSSR count). The number of benzene rings is 1. The van der Waals surface area contributed by atoms with Crippen LogP contribution in [0.4, 0.5) is 5.69 Å². The van der Waals surface area contributed by atoms with E-state index in [9.17, 15) is 9.59 Å².